The van der Waals surface area contributed by atoms with Crippen molar-refractivity contribution in [3.8, 4) is 0 Å². The van der Waals surface area contributed by atoms with Crippen LogP contribution in [0.2, 0.25) is 0 Å². The highest BCUT2D eigenvalue weighted by Crippen LogP contribution is 2.14. The number of hydrogen-bond acceptors (Lipinski definition) is 3. The van der Waals surface area contributed by atoms with Gasteiger partial charge in [-0.2, -0.15) is 0 Å². The van der Waals surface area contributed by atoms with E-state index >= 15 is 0 Å². The monoisotopic (exact) mass is 230 g/mol. The van der Waals surface area contributed by atoms with Gasteiger partial charge in [0.15, 0.2) is 5.16 Å². The van der Waals surface area contributed by atoms with Gasteiger partial charge in [-0.25, -0.2) is 9.97 Å². The summed E-state index contributed by atoms with van der Waals surface area (Å²) in [6.07, 6.45) is 7.20. The molecule has 0 bridgehead atoms. The molecule has 4 heteroatoms. The molecule has 1 aromatic rings. The number of aromatic nitrogens is 2. The Hall–Kier alpha value is -0.280. The zero-order valence-corrected chi connectivity index (χ0v) is 9.94. The predicted octanol–water partition coefficient (Wildman–Crippen LogP) is 3.29. The van der Waals surface area contributed by atoms with Crippen LogP contribution in [0, 0.1) is 6.92 Å². The number of aryl methyl sites for hydroxylation is 1. The molecule has 1 rings (SSSR count). The van der Waals surface area contributed by atoms with Gasteiger partial charge in [0.25, 0.3) is 0 Å². The Morgan fingerprint density at radius 3 is 2.57 bits per heavy atom. The summed E-state index contributed by atoms with van der Waals surface area (Å²) >= 11 is 7.30. The van der Waals surface area contributed by atoms with Crippen molar-refractivity contribution in [3.05, 3.63) is 18.0 Å². The van der Waals surface area contributed by atoms with E-state index in [0.717, 1.165) is 28.8 Å². The Balaban J connectivity index is 2.15. The van der Waals surface area contributed by atoms with Gasteiger partial charge < -0.3 is 0 Å². The third-order valence-corrected chi connectivity index (χ3v) is 3.00. The Bertz CT molecular complexity index is 251. The molecule has 0 saturated heterocycles. The summed E-state index contributed by atoms with van der Waals surface area (Å²) in [4.78, 5) is 8.44. The largest absolute Gasteiger partial charge is 0.231 e. The lowest BCUT2D eigenvalue weighted by atomic mass is 10.3. The van der Waals surface area contributed by atoms with Crippen molar-refractivity contribution in [2.75, 3.05) is 11.6 Å². The molecule has 1 aromatic heterocycles. The molecular weight excluding hydrogens is 216 g/mol. The van der Waals surface area contributed by atoms with Crippen molar-refractivity contribution >= 4 is 23.4 Å². The van der Waals surface area contributed by atoms with E-state index in [0.29, 0.717) is 0 Å². The molecule has 1 heterocycles. The second kappa shape index (κ2) is 7.07. The third-order valence-electron chi connectivity index (χ3n) is 1.77. The highest BCUT2D eigenvalue weighted by molar-refractivity contribution is 7.99. The van der Waals surface area contributed by atoms with Crippen molar-refractivity contribution in [1.82, 2.24) is 9.97 Å². The molecule has 0 fully saturated rings. The van der Waals surface area contributed by atoms with Gasteiger partial charge in [0.05, 0.1) is 0 Å². The van der Waals surface area contributed by atoms with Crippen molar-refractivity contribution in [1.29, 1.82) is 0 Å². The molecule has 0 aromatic carbocycles. The molecule has 0 amide bonds. The third kappa shape index (κ3) is 4.82. The van der Waals surface area contributed by atoms with Gasteiger partial charge >= 0.3 is 0 Å². The van der Waals surface area contributed by atoms with Crippen LogP contribution in [0.25, 0.3) is 0 Å². The molecule has 0 aliphatic heterocycles. The van der Waals surface area contributed by atoms with Crippen LogP contribution in [0.15, 0.2) is 17.6 Å². The molecule has 0 aliphatic rings. The molecule has 0 spiro atoms. The molecule has 14 heavy (non-hydrogen) atoms. The van der Waals surface area contributed by atoms with E-state index < -0.39 is 0 Å². The molecular formula is C10H15ClN2S. The normalized spacial score (nSPS) is 10.4. The number of unbranched alkanes of at least 4 members (excludes halogenated alkanes) is 2. The highest BCUT2D eigenvalue weighted by atomic mass is 35.5. The van der Waals surface area contributed by atoms with Gasteiger partial charge in [-0.05, 0) is 25.3 Å². The topological polar surface area (TPSA) is 25.8 Å². The van der Waals surface area contributed by atoms with E-state index in [1.165, 1.54) is 12.8 Å². The van der Waals surface area contributed by atoms with E-state index in [9.17, 15) is 0 Å². The quantitative estimate of drug-likeness (QED) is 0.325. The first-order valence-corrected chi connectivity index (χ1v) is 6.32. The van der Waals surface area contributed by atoms with E-state index in [2.05, 4.69) is 9.97 Å². The van der Waals surface area contributed by atoms with Crippen LogP contribution in [0.3, 0.4) is 0 Å². The van der Waals surface area contributed by atoms with E-state index in [1.807, 2.05) is 19.3 Å². The average molecular weight is 231 g/mol. The van der Waals surface area contributed by atoms with Gasteiger partial charge in [0.2, 0.25) is 0 Å². The van der Waals surface area contributed by atoms with Crippen molar-refractivity contribution in [2.24, 2.45) is 0 Å². The first kappa shape index (κ1) is 11.8. The van der Waals surface area contributed by atoms with Crippen molar-refractivity contribution in [2.45, 2.75) is 31.3 Å². The number of hydrogen-bond donors (Lipinski definition) is 0. The Kier molecular flexibility index (Phi) is 5.96. The standard InChI is InChI=1S/C10H15ClN2S/c1-9-7-12-10(13-8-9)14-6-4-2-3-5-11/h7-8H,2-6H2,1H3. The molecule has 2 nitrogen and oxygen atoms in total. The first-order valence-electron chi connectivity index (χ1n) is 4.80. The van der Waals surface area contributed by atoms with Crippen LogP contribution in [-0.4, -0.2) is 21.6 Å². The van der Waals surface area contributed by atoms with Crippen LogP contribution in [-0.2, 0) is 0 Å². The zero-order valence-electron chi connectivity index (χ0n) is 8.37. The SMILES string of the molecule is Cc1cnc(SCCCCCCl)nc1. The summed E-state index contributed by atoms with van der Waals surface area (Å²) in [6.45, 7) is 1.99. The second-order valence-electron chi connectivity index (χ2n) is 3.14. The van der Waals surface area contributed by atoms with Gasteiger partial charge in [-0.3, -0.25) is 0 Å². The maximum atomic E-state index is 5.58. The number of rotatable bonds is 6. The fraction of sp³-hybridized carbons (Fsp3) is 0.600. The summed E-state index contributed by atoms with van der Waals surface area (Å²) < 4.78 is 0. The predicted molar refractivity (Wildman–Crippen MR) is 62.1 cm³/mol. The molecule has 0 N–H and O–H groups in total. The maximum absolute atomic E-state index is 5.58. The Labute approximate surface area is 94.5 Å². The number of nitrogens with zero attached hydrogens (tertiary/aromatic N) is 2. The van der Waals surface area contributed by atoms with Crippen molar-refractivity contribution < 1.29 is 0 Å². The van der Waals surface area contributed by atoms with Crippen LogP contribution >= 0.6 is 23.4 Å². The Morgan fingerprint density at radius 1 is 1.21 bits per heavy atom. The summed E-state index contributed by atoms with van der Waals surface area (Å²) in [5.41, 5.74) is 1.11. The molecule has 78 valence electrons. The van der Waals surface area contributed by atoms with Crippen LogP contribution in [0.5, 0.6) is 0 Å². The van der Waals surface area contributed by atoms with Gasteiger partial charge in [-0.1, -0.05) is 18.2 Å². The lowest BCUT2D eigenvalue weighted by Crippen LogP contribution is -1.88. The molecule has 0 atom stereocenters. The molecule has 0 unspecified atom stereocenters. The summed E-state index contributed by atoms with van der Waals surface area (Å²) in [5.74, 6) is 1.85. The summed E-state index contributed by atoms with van der Waals surface area (Å²) in [6, 6.07) is 0. The summed E-state index contributed by atoms with van der Waals surface area (Å²) in [5, 5.41) is 0.876. The molecule has 0 aliphatic carbocycles. The van der Waals surface area contributed by atoms with Crippen LogP contribution in [0.1, 0.15) is 24.8 Å². The number of alkyl halides is 1. The fourth-order valence-electron chi connectivity index (χ4n) is 0.992. The molecule has 0 saturated carbocycles. The highest BCUT2D eigenvalue weighted by Gasteiger charge is 1.96. The minimum absolute atomic E-state index is 0.770. The van der Waals surface area contributed by atoms with E-state index in [4.69, 9.17) is 11.6 Å². The maximum Gasteiger partial charge on any atom is 0.187 e. The lowest BCUT2D eigenvalue weighted by Gasteiger charge is -1.99. The smallest absolute Gasteiger partial charge is 0.187 e. The number of halogens is 1. The second-order valence-corrected chi connectivity index (χ2v) is 4.58. The fourth-order valence-corrected chi connectivity index (χ4v) is 1.97. The minimum atomic E-state index is 0.770. The van der Waals surface area contributed by atoms with Gasteiger partial charge in [0, 0.05) is 24.0 Å². The van der Waals surface area contributed by atoms with Crippen molar-refractivity contribution in [3.63, 3.8) is 0 Å². The first-order chi connectivity index (χ1) is 6.83. The van der Waals surface area contributed by atoms with Gasteiger partial charge in [-0.15, -0.1) is 11.6 Å². The van der Waals surface area contributed by atoms with Crippen LogP contribution < -0.4 is 0 Å². The minimum Gasteiger partial charge on any atom is -0.231 e. The lowest BCUT2D eigenvalue weighted by molar-refractivity contribution is 0.781. The Morgan fingerprint density at radius 2 is 1.93 bits per heavy atom. The average Bonchev–Trinajstić information content (AvgIpc) is 2.21. The van der Waals surface area contributed by atoms with Crippen LogP contribution in [0.4, 0.5) is 0 Å². The zero-order chi connectivity index (χ0) is 10.2. The van der Waals surface area contributed by atoms with Gasteiger partial charge in [0.1, 0.15) is 0 Å². The van der Waals surface area contributed by atoms with E-state index in [1.54, 1.807) is 11.8 Å². The molecule has 0 radical (unpaired) electrons. The summed E-state index contributed by atoms with van der Waals surface area (Å²) in [7, 11) is 0. The number of thioether (sulfide) groups is 1. The van der Waals surface area contributed by atoms with E-state index in [-0.39, 0.29) is 0 Å².